The number of alkyl halides is 2. The van der Waals surface area contributed by atoms with Gasteiger partial charge in [0.05, 0.1) is 5.69 Å². The number of anilines is 1. The minimum Gasteiger partial charge on any atom is -0.368 e. The van der Waals surface area contributed by atoms with Crippen LogP contribution in [0.5, 0.6) is 0 Å². The average molecular weight is 394 g/mol. The molecule has 0 bridgehead atoms. The minimum atomic E-state index is -2.75. The molecule has 3 rings (SSSR count). The fourth-order valence-electron chi connectivity index (χ4n) is 2.18. The number of rotatable bonds is 4. The quantitative estimate of drug-likeness (QED) is 0.545. The van der Waals surface area contributed by atoms with E-state index in [1.54, 1.807) is 6.07 Å². The van der Waals surface area contributed by atoms with E-state index in [0.717, 1.165) is 5.56 Å². The number of nitrogen functional groups attached to an aromatic ring is 1. The van der Waals surface area contributed by atoms with Crippen molar-refractivity contribution in [1.29, 1.82) is 0 Å². The maximum absolute atomic E-state index is 13.0. The van der Waals surface area contributed by atoms with E-state index in [4.69, 9.17) is 17.3 Å². The number of nitrogens with two attached hydrogens (primary N) is 1. The Kier molecular flexibility index (Phi) is 5.87. The Labute approximate surface area is 152 Å². The van der Waals surface area contributed by atoms with Crippen molar-refractivity contribution in [1.82, 2.24) is 19.7 Å². The molecule has 0 saturated carbocycles. The van der Waals surface area contributed by atoms with Crippen LogP contribution in [0.1, 0.15) is 17.7 Å². The Morgan fingerprint density at radius 1 is 1.29 bits per heavy atom. The van der Waals surface area contributed by atoms with E-state index in [2.05, 4.69) is 21.1 Å². The maximum atomic E-state index is 13.0. The Bertz CT molecular complexity index is 806. The van der Waals surface area contributed by atoms with Crippen molar-refractivity contribution < 1.29 is 25.6 Å². The van der Waals surface area contributed by atoms with Gasteiger partial charge in [0.15, 0.2) is 0 Å². The zero-order valence-corrected chi connectivity index (χ0v) is 13.9. The van der Waals surface area contributed by atoms with Gasteiger partial charge in [0.1, 0.15) is 10.8 Å². The third-order valence-corrected chi connectivity index (χ3v) is 3.31. The molecular formula is C15H11ClCoF2N5-. The smallest absolute Gasteiger partial charge is 0.333 e. The Morgan fingerprint density at radius 2 is 2.08 bits per heavy atom. The normalized spacial score (nSPS) is 10.7. The van der Waals surface area contributed by atoms with E-state index in [1.165, 1.54) is 12.3 Å². The summed E-state index contributed by atoms with van der Waals surface area (Å²) < 4.78 is 26.5. The van der Waals surface area contributed by atoms with E-state index in [-0.39, 0.29) is 27.9 Å². The third-order valence-electron chi connectivity index (χ3n) is 3.12. The molecular weight excluding hydrogens is 383 g/mol. The van der Waals surface area contributed by atoms with Crippen LogP contribution in [-0.2, 0) is 23.2 Å². The molecule has 5 nitrogen and oxygen atoms in total. The van der Waals surface area contributed by atoms with Crippen LogP contribution in [-0.4, -0.2) is 19.7 Å². The summed E-state index contributed by atoms with van der Waals surface area (Å²) in [6.45, 7) is -2.75. The van der Waals surface area contributed by atoms with E-state index in [9.17, 15) is 8.78 Å². The second-order valence-corrected chi connectivity index (χ2v) is 5.15. The van der Waals surface area contributed by atoms with Gasteiger partial charge in [-0.2, -0.15) is 49.8 Å². The van der Waals surface area contributed by atoms with Gasteiger partial charge in [-0.05, 0) is 6.42 Å². The standard InChI is InChI=1S/C15H11ClF2N5.Co/c16-12-7-11(20-15(19)21-12)13-10(8-23(22-13)14(17)18)6-9-4-2-1-3-5-9;/h1-4,7-8,14H,6H2,(H2,19,20,21);/q-1;. The summed E-state index contributed by atoms with van der Waals surface area (Å²) in [4.78, 5) is 7.79. The summed E-state index contributed by atoms with van der Waals surface area (Å²) in [5.74, 6) is -0.0451. The minimum absolute atomic E-state index is 0. The summed E-state index contributed by atoms with van der Waals surface area (Å²) in [6, 6.07) is 11.8. The summed E-state index contributed by atoms with van der Waals surface area (Å²) in [5.41, 5.74) is 7.57. The van der Waals surface area contributed by atoms with Crippen LogP contribution in [0.15, 0.2) is 36.5 Å². The van der Waals surface area contributed by atoms with Gasteiger partial charge in [-0.25, -0.2) is 14.6 Å². The predicted octanol–water partition coefficient (Wildman–Crippen LogP) is 3.36. The van der Waals surface area contributed by atoms with Gasteiger partial charge in [0.2, 0.25) is 5.95 Å². The van der Waals surface area contributed by atoms with Crippen LogP contribution in [0.2, 0.25) is 5.15 Å². The van der Waals surface area contributed by atoms with Gasteiger partial charge in [0.25, 0.3) is 0 Å². The molecule has 2 aromatic heterocycles. The molecule has 0 unspecified atom stereocenters. The second kappa shape index (κ2) is 7.69. The molecule has 24 heavy (non-hydrogen) atoms. The van der Waals surface area contributed by atoms with Gasteiger partial charge < -0.3 is 5.73 Å². The predicted molar refractivity (Wildman–Crippen MR) is 82.0 cm³/mol. The number of halogens is 3. The topological polar surface area (TPSA) is 69.6 Å². The number of nitrogens with zero attached hydrogens (tertiary/aromatic N) is 4. The first-order chi connectivity index (χ1) is 11.0. The van der Waals surface area contributed by atoms with Crippen molar-refractivity contribution in [2.75, 3.05) is 5.73 Å². The molecule has 0 spiro atoms. The van der Waals surface area contributed by atoms with Crippen LogP contribution < -0.4 is 5.73 Å². The van der Waals surface area contributed by atoms with Gasteiger partial charge in [-0.1, -0.05) is 11.6 Å². The molecule has 0 aliphatic carbocycles. The molecule has 0 fully saturated rings. The molecule has 0 aliphatic heterocycles. The maximum Gasteiger partial charge on any atom is 0.333 e. The van der Waals surface area contributed by atoms with E-state index < -0.39 is 6.55 Å². The number of hydrogen-bond donors (Lipinski definition) is 1. The Hall–Kier alpha value is -2.03. The molecule has 3 aromatic rings. The molecule has 2 heterocycles. The van der Waals surface area contributed by atoms with Crippen molar-refractivity contribution in [2.24, 2.45) is 0 Å². The number of benzene rings is 1. The third kappa shape index (κ3) is 4.08. The zero-order valence-electron chi connectivity index (χ0n) is 12.1. The first-order valence-electron chi connectivity index (χ1n) is 6.65. The van der Waals surface area contributed by atoms with E-state index >= 15 is 0 Å². The zero-order chi connectivity index (χ0) is 16.4. The summed E-state index contributed by atoms with van der Waals surface area (Å²) in [5, 5.41) is 4.03. The summed E-state index contributed by atoms with van der Waals surface area (Å²) >= 11 is 5.86. The first-order valence-corrected chi connectivity index (χ1v) is 7.03. The Balaban J connectivity index is 0.00000208. The van der Waals surface area contributed by atoms with Crippen LogP contribution in [0.25, 0.3) is 11.4 Å². The molecule has 2 N–H and O–H groups in total. The Morgan fingerprint density at radius 3 is 2.71 bits per heavy atom. The first kappa shape index (κ1) is 18.3. The molecule has 0 saturated heterocycles. The van der Waals surface area contributed by atoms with Crippen LogP contribution >= 0.6 is 11.6 Å². The molecule has 127 valence electrons. The van der Waals surface area contributed by atoms with Gasteiger partial charge in [0, 0.05) is 34.6 Å². The molecule has 0 atom stereocenters. The van der Waals surface area contributed by atoms with Crippen LogP contribution in [0.4, 0.5) is 14.7 Å². The van der Waals surface area contributed by atoms with Gasteiger partial charge in [-0.3, -0.25) is 0 Å². The van der Waals surface area contributed by atoms with Crippen LogP contribution in [0.3, 0.4) is 0 Å². The fourth-order valence-corrected chi connectivity index (χ4v) is 2.37. The summed E-state index contributed by atoms with van der Waals surface area (Å²) in [6.07, 6.45) is 1.66. The SMILES string of the molecule is Nc1nc(Cl)cc(-c2nn(C(F)F)cc2Cc2[c-]cccc2)n1.[Co]. The van der Waals surface area contributed by atoms with Crippen molar-refractivity contribution in [3.05, 3.63) is 58.9 Å². The molecule has 0 amide bonds. The number of aromatic nitrogens is 4. The van der Waals surface area contributed by atoms with Gasteiger partial charge in [-0.15, -0.1) is 0 Å². The molecule has 0 aliphatic rings. The molecule has 1 aromatic carbocycles. The molecule has 9 heteroatoms. The van der Waals surface area contributed by atoms with Crippen LogP contribution in [0, 0.1) is 6.07 Å². The average Bonchev–Trinajstić information content (AvgIpc) is 2.91. The van der Waals surface area contributed by atoms with Crippen molar-refractivity contribution in [2.45, 2.75) is 13.0 Å². The van der Waals surface area contributed by atoms with Crippen molar-refractivity contribution in [3.63, 3.8) is 0 Å². The van der Waals surface area contributed by atoms with E-state index in [0.29, 0.717) is 28.1 Å². The monoisotopic (exact) mass is 393 g/mol. The fraction of sp³-hybridized carbons (Fsp3) is 0.133. The molecule has 1 radical (unpaired) electrons. The summed E-state index contributed by atoms with van der Waals surface area (Å²) in [7, 11) is 0. The largest absolute Gasteiger partial charge is 0.368 e. The van der Waals surface area contributed by atoms with Crippen molar-refractivity contribution >= 4 is 17.5 Å². The second-order valence-electron chi connectivity index (χ2n) is 4.76. The van der Waals surface area contributed by atoms with Gasteiger partial charge >= 0.3 is 6.55 Å². The van der Waals surface area contributed by atoms with Crippen molar-refractivity contribution in [3.8, 4) is 11.4 Å². The van der Waals surface area contributed by atoms with E-state index in [1.807, 2.05) is 18.2 Å². The number of hydrogen-bond acceptors (Lipinski definition) is 4.